The normalized spacial score (nSPS) is 20.4. The van der Waals surface area contributed by atoms with E-state index in [1.54, 1.807) is 4.90 Å². The summed E-state index contributed by atoms with van der Waals surface area (Å²) in [6.07, 6.45) is 2.55. The van der Waals surface area contributed by atoms with Crippen molar-refractivity contribution in [2.24, 2.45) is 0 Å². The molecule has 1 unspecified atom stereocenters. The van der Waals surface area contributed by atoms with Crippen LogP contribution >= 0.6 is 0 Å². The molecule has 1 atom stereocenters. The lowest BCUT2D eigenvalue weighted by atomic mass is 10.0. The van der Waals surface area contributed by atoms with Gasteiger partial charge in [0.15, 0.2) is 0 Å². The summed E-state index contributed by atoms with van der Waals surface area (Å²) in [4.78, 5) is 24.5. The summed E-state index contributed by atoms with van der Waals surface area (Å²) in [5.41, 5.74) is -0.499. The lowest BCUT2D eigenvalue weighted by Crippen LogP contribution is -2.48. The zero-order chi connectivity index (χ0) is 13.8. The van der Waals surface area contributed by atoms with Crippen molar-refractivity contribution in [3.63, 3.8) is 0 Å². The maximum atomic E-state index is 12.0. The molecule has 0 saturated carbocycles. The number of piperidine rings is 1. The summed E-state index contributed by atoms with van der Waals surface area (Å²) in [5, 5.41) is 0. The van der Waals surface area contributed by atoms with E-state index in [1.807, 2.05) is 20.8 Å². The molecular weight excluding hydrogens is 234 g/mol. The van der Waals surface area contributed by atoms with E-state index < -0.39 is 5.60 Å². The minimum absolute atomic E-state index is 0.0579. The highest BCUT2D eigenvalue weighted by molar-refractivity contribution is 5.69. The third-order valence-electron chi connectivity index (χ3n) is 2.73. The average molecular weight is 257 g/mol. The second-order valence-electron chi connectivity index (χ2n) is 5.63. The van der Waals surface area contributed by atoms with Gasteiger partial charge < -0.3 is 14.4 Å². The molecule has 1 aliphatic rings. The van der Waals surface area contributed by atoms with Crippen LogP contribution in [-0.4, -0.2) is 41.8 Å². The smallest absolute Gasteiger partial charge is 0.410 e. The van der Waals surface area contributed by atoms with Gasteiger partial charge in [-0.25, -0.2) is 4.79 Å². The van der Waals surface area contributed by atoms with Crippen LogP contribution in [0, 0.1) is 0 Å². The molecule has 5 nitrogen and oxygen atoms in total. The van der Waals surface area contributed by atoms with E-state index in [-0.39, 0.29) is 24.7 Å². The molecular formula is C13H23NO4. The first-order chi connectivity index (χ1) is 8.29. The maximum absolute atomic E-state index is 12.0. The highest BCUT2D eigenvalue weighted by atomic mass is 16.6. The minimum atomic E-state index is -0.499. The van der Waals surface area contributed by atoms with Crippen molar-refractivity contribution in [2.75, 3.05) is 13.2 Å². The van der Waals surface area contributed by atoms with Crippen molar-refractivity contribution >= 4 is 12.1 Å². The fourth-order valence-electron chi connectivity index (χ4n) is 1.95. The van der Waals surface area contributed by atoms with E-state index in [0.29, 0.717) is 6.54 Å². The summed E-state index contributed by atoms with van der Waals surface area (Å²) >= 11 is 0. The first kappa shape index (κ1) is 14.8. The lowest BCUT2D eigenvalue weighted by molar-refractivity contribution is -0.143. The van der Waals surface area contributed by atoms with Gasteiger partial charge in [0.05, 0.1) is 6.04 Å². The number of ether oxygens (including phenoxy) is 2. The van der Waals surface area contributed by atoms with Gasteiger partial charge in [0.25, 0.3) is 0 Å². The standard InChI is InChI=1S/C13H23NO4/c1-10(15)17-9-11-7-5-6-8-14(11)12(16)18-13(2,3)4/h11H,5-9H2,1-4H3. The number of hydrogen-bond acceptors (Lipinski definition) is 4. The number of esters is 1. The Hall–Kier alpha value is -1.26. The molecule has 18 heavy (non-hydrogen) atoms. The summed E-state index contributed by atoms with van der Waals surface area (Å²) in [7, 11) is 0. The minimum Gasteiger partial charge on any atom is -0.464 e. The van der Waals surface area contributed by atoms with Gasteiger partial charge in [0, 0.05) is 13.5 Å². The first-order valence-corrected chi connectivity index (χ1v) is 6.42. The molecule has 0 aromatic heterocycles. The van der Waals surface area contributed by atoms with E-state index in [2.05, 4.69) is 0 Å². The van der Waals surface area contributed by atoms with Gasteiger partial charge in [-0.15, -0.1) is 0 Å². The number of likely N-dealkylation sites (tertiary alicyclic amines) is 1. The highest BCUT2D eigenvalue weighted by Gasteiger charge is 2.30. The molecule has 0 aromatic carbocycles. The Morgan fingerprint density at radius 1 is 1.28 bits per heavy atom. The molecule has 0 aromatic rings. The Labute approximate surface area is 108 Å². The number of rotatable bonds is 2. The fraction of sp³-hybridized carbons (Fsp3) is 0.846. The molecule has 1 heterocycles. The van der Waals surface area contributed by atoms with Gasteiger partial charge in [0.1, 0.15) is 12.2 Å². The molecule has 1 fully saturated rings. The number of amides is 1. The largest absolute Gasteiger partial charge is 0.464 e. The van der Waals surface area contributed by atoms with Crippen LogP contribution in [0.1, 0.15) is 47.0 Å². The molecule has 0 spiro atoms. The average Bonchev–Trinajstić information content (AvgIpc) is 2.24. The van der Waals surface area contributed by atoms with Gasteiger partial charge in [-0.1, -0.05) is 0 Å². The first-order valence-electron chi connectivity index (χ1n) is 6.42. The SMILES string of the molecule is CC(=O)OCC1CCCCN1C(=O)OC(C)(C)C. The molecule has 1 aliphatic heterocycles. The number of carbonyl (C=O) groups excluding carboxylic acids is 2. The van der Waals surface area contributed by atoms with Gasteiger partial charge in [0.2, 0.25) is 0 Å². The van der Waals surface area contributed by atoms with E-state index in [0.717, 1.165) is 19.3 Å². The van der Waals surface area contributed by atoms with E-state index >= 15 is 0 Å². The van der Waals surface area contributed by atoms with Crippen LogP contribution < -0.4 is 0 Å². The van der Waals surface area contributed by atoms with Gasteiger partial charge >= 0.3 is 12.1 Å². The summed E-state index contributed by atoms with van der Waals surface area (Å²) in [5.74, 6) is -0.315. The molecule has 1 rings (SSSR count). The number of hydrogen-bond donors (Lipinski definition) is 0. The quantitative estimate of drug-likeness (QED) is 0.712. The second kappa shape index (κ2) is 6.07. The number of nitrogens with zero attached hydrogens (tertiary/aromatic N) is 1. The molecule has 0 aliphatic carbocycles. The molecule has 0 N–H and O–H groups in total. The second-order valence-corrected chi connectivity index (χ2v) is 5.63. The molecule has 104 valence electrons. The monoisotopic (exact) mass is 257 g/mol. The molecule has 5 heteroatoms. The summed E-state index contributed by atoms with van der Waals surface area (Å²) in [6, 6.07) is -0.0579. The zero-order valence-corrected chi connectivity index (χ0v) is 11.7. The Balaban J connectivity index is 2.58. The lowest BCUT2D eigenvalue weighted by Gasteiger charge is -2.36. The van der Waals surface area contributed by atoms with E-state index in [4.69, 9.17) is 9.47 Å². The van der Waals surface area contributed by atoms with Crippen molar-refractivity contribution in [1.29, 1.82) is 0 Å². The van der Waals surface area contributed by atoms with E-state index in [1.165, 1.54) is 6.92 Å². The van der Waals surface area contributed by atoms with Crippen LogP contribution in [0.25, 0.3) is 0 Å². The predicted molar refractivity (Wildman–Crippen MR) is 67.2 cm³/mol. The number of carbonyl (C=O) groups is 2. The van der Waals surface area contributed by atoms with Crippen LogP contribution in [0.4, 0.5) is 4.79 Å². The third-order valence-corrected chi connectivity index (χ3v) is 2.73. The van der Waals surface area contributed by atoms with Gasteiger partial charge in [-0.05, 0) is 40.0 Å². The van der Waals surface area contributed by atoms with E-state index in [9.17, 15) is 9.59 Å². The molecule has 1 saturated heterocycles. The fourth-order valence-corrected chi connectivity index (χ4v) is 1.95. The maximum Gasteiger partial charge on any atom is 0.410 e. The molecule has 1 amide bonds. The Morgan fingerprint density at radius 2 is 1.94 bits per heavy atom. The summed E-state index contributed by atoms with van der Waals surface area (Å²) in [6.45, 7) is 7.83. The van der Waals surface area contributed by atoms with Crippen molar-refractivity contribution < 1.29 is 19.1 Å². The predicted octanol–water partition coefficient (Wildman–Crippen LogP) is 2.34. The van der Waals surface area contributed by atoms with Crippen LogP contribution in [0.2, 0.25) is 0 Å². The third kappa shape index (κ3) is 4.94. The van der Waals surface area contributed by atoms with Crippen molar-refractivity contribution in [3.05, 3.63) is 0 Å². The molecule has 0 bridgehead atoms. The Bertz CT molecular complexity index is 309. The van der Waals surface area contributed by atoms with Crippen molar-refractivity contribution in [2.45, 2.75) is 58.6 Å². The zero-order valence-electron chi connectivity index (χ0n) is 11.7. The van der Waals surface area contributed by atoms with Crippen LogP contribution in [0.3, 0.4) is 0 Å². The van der Waals surface area contributed by atoms with Crippen LogP contribution in [-0.2, 0) is 14.3 Å². The Kier molecular flexibility index (Phi) is 4.99. The Morgan fingerprint density at radius 3 is 2.50 bits per heavy atom. The van der Waals surface area contributed by atoms with Crippen molar-refractivity contribution in [3.8, 4) is 0 Å². The highest BCUT2D eigenvalue weighted by Crippen LogP contribution is 2.20. The van der Waals surface area contributed by atoms with Crippen LogP contribution in [0.5, 0.6) is 0 Å². The van der Waals surface area contributed by atoms with Crippen LogP contribution in [0.15, 0.2) is 0 Å². The molecule has 0 radical (unpaired) electrons. The van der Waals surface area contributed by atoms with Gasteiger partial charge in [-0.2, -0.15) is 0 Å². The summed E-state index contributed by atoms with van der Waals surface area (Å²) < 4.78 is 10.4. The van der Waals surface area contributed by atoms with Crippen molar-refractivity contribution in [1.82, 2.24) is 4.90 Å². The topological polar surface area (TPSA) is 55.8 Å². The van der Waals surface area contributed by atoms with Gasteiger partial charge in [-0.3, -0.25) is 4.79 Å².